The predicted octanol–water partition coefficient (Wildman–Crippen LogP) is 5.28. The molecule has 0 spiro atoms. The molecule has 0 N–H and O–H groups in total. The van der Waals surface area contributed by atoms with Crippen molar-refractivity contribution >= 4 is 23.3 Å². The van der Waals surface area contributed by atoms with E-state index >= 15 is 0 Å². The normalized spacial score (nSPS) is 16.8. The second kappa shape index (κ2) is 8.86. The number of nitrogens with zero attached hydrogens (tertiary/aromatic N) is 1. The zero-order valence-corrected chi connectivity index (χ0v) is 15.5. The van der Waals surface area contributed by atoms with Crippen LogP contribution in [0, 0.1) is 6.92 Å². The number of hydrogen-bond donors (Lipinski definition) is 0. The number of benzene rings is 2. The van der Waals surface area contributed by atoms with Crippen LogP contribution < -0.4 is 4.74 Å². The fourth-order valence-corrected chi connectivity index (χ4v) is 3.21. The molecule has 1 fully saturated rings. The molecule has 0 amide bonds. The summed E-state index contributed by atoms with van der Waals surface area (Å²) in [5, 5.41) is 4.69. The van der Waals surface area contributed by atoms with Gasteiger partial charge in [-0.3, -0.25) is 0 Å². The summed E-state index contributed by atoms with van der Waals surface area (Å²) in [5.74, 6) is 0.637. The van der Waals surface area contributed by atoms with Gasteiger partial charge in [-0.15, -0.1) is 0 Å². The van der Waals surface area contributed by atoms with Crippen LogP contribution in [0.3, 0.4) is 0 Å². The molecule has 0 aromatic heterocycles. The van der Waals surface area contributed by atoms with Gasteiger partial charge >= 0.3 is 5.97 Å². The average molecular weight is 372 g/mol. The molecule has 0 atom stereocenters. The first-order valence-electron chi connectivity index (χ1n) is 8.81. The first kappa shape index (κ1) is 18.5. The van der Waals surface area contributed by atoms with Gasteiger partial charge in [0, 0.05) is 5.02 Å². The van der Waals surface area contributed by atoms with E-state index in [2.05, 4.69) is 29.4 Å². The number of oxime groups is 1. The van der Waals surface area contributed by atoms with E-state index in [1.54, 1.807) is 18.2 Å². The molecule has 0 saturated heterocycles. The number of halogens is 1. The molecule has 1 aliphatic carbocycles. The lowest BCUT2D eigenvalue weighted by Gasteiger charge is -2.22. The van der Waals surface area contributed by atoms with Crippen LogP contribution in [-0.2, 0) is 9.63 Å². The molecule has 1 aliphatic rings. The van der Waals surface area contributed by atoms with E-state index in [4.69, 9.17) is 21.2 Å². The SMILES string of the molecule is Cc1cc(OCC(=O)ON=C2CCC(c3ccccc3)CC2)ccc1Cl. The van der Waals surface area contributed by atoms with E-state index in [0.717, 1.165) is 37.0 Å². The minimum absolute atomic E-state index is 0.176. The van der Waals surface area contributed by atoms with Gasteiger partial charge in [-0.05, 0) is 67.9 Å². The van der Waals surface area contributed by atoms with Gasteiger partial charge in [-0.1, -0.05) is 47.1 Å². The summed E-state index contributed by atoms with van der Waals surface area (Å²) in [6.45, 7) is 1.70. The third-order valence-corrected chi connectivity index (χ3v) is 5.02. The molecule has 5 heteroatoms. The number of rotatable bonds is 5. The van der Waals surface area contributed by atoms with Crippen LogP contribution in [0.15, 0.2) is 53.7 Å². The molecular weight excluding hydrogens is 350 g/mol. The highest BCUT2D eigenvalue weighted by molar-refractivity contribution is 6.31. The van der Waals surface area contributed by atoms with Crippen molar-refractivity contribution in [2.45, 2.75) is 38.5 Å². The highest BCUT2D eigenvalue weighted by atomic mass is 35.5. The first-order valence-corrected chi connectivity index (χ1v) is 9.19. The summed E-state index contributed by atoms with van der Waals surface area (Å²) in [5.41, 5.74) is 3.20. The van der Waals surface area contributed by atoms with Crippen molar-refractivity contribution in [2.75, 3.05) is 6.61 Å². The highest BCUT2D eigenvalue weighted by Gasteiger charge is 2.19. The van der Waals surface area contributed by atoms with E-state index in [-0.39, 0.29) is 6.61 Å². The highest BCUT2D eigenvalue weighted by Crippen LogP contribution is 2.31. The van der Waals surface area contributed by atoms with Gasteiger partial charge < -0.3 is 9.57 Å². The summed E-state index contributed by atoms with van der Waals surface area (Å²) in [7, 11) is 0. The van der Waals surface area contributed by atoms with E-state index < -0.39 is 5.97 Å². The Morgan fingerprint density at radius 2 is 1.88 bits per heavy atom. The van der Waals surface area contributed by atoms with Crippen molar-refractivity contribution < 1.29 is 14.4 Å². The minimum atomic E-state index is -0.504. The first-order chi connectivity index (χ1) is 12.6. The molecule has 3 rings (SSSR count). The number of carbonyl (C=O) groups is 1. The van der Waals surface area contributed by atoms with E-state index in [9.17, 15) is 4.79 Å². The van der Waals surface area contributed by atoms with Gasteiger partial charge in [0.05, 0.1) is 5.71 Å². The predicted molar refractivity (Wildman–Crippen MR) is 103 cm³/mol. The zero-order chi connectivity index (χ0) is 18.4. The lowest BCUT2D eigenvalue weighted by Crippen LogP contribution is -2.16. The van der Waals surface area contributed by atoms with Crippen molar-refractivity contribution in [3.05, 3.63) is 64.7 Å². The smallest absolute Gasteiger partial charge is 0.372 e. The minimum Gasteiger partial charge on any atom is -0.482 e. The average Bonchev–Trinajstić information content (AvgIpc) is 2.68. The summed E-state index contributed by atoms with van der Waals surface area (Å²) in [4.78, 5) is 16.8. The number of ether oxygens (including phenoxy) is 1. The van der Waals surface area contributed by atoms with Crippen LogP contribution >= 0.6 is 11.6 Å². The lowest BCUT2D eigenvalue weighted by molar-refractivity contribution is -0.146. The molecule has 2 aromatic rings. The van der Waals surface area contributed by atoms with Gasteiger partial charge in [0.25, 0.3) is 0 Å². The molecule has 136 valence electrons. The third-order valence-electron chi connectivity index (χ3n) is 4.60. The molecule has 2 aromatic carbocycles. The maximum Gasteiger partial charge on any atom is 0.372 e. The Morgan fingerprint density at radius 1 is 1.15 bits per heavy atom. The monoisotopic (exact) mass is 371 g/mol. The molecular formula is C21H22ClNO3. The summed E-state index contributed by atoms with van der Waals surface area (Å²) < 4.78 is 5.42. The lowest BCUT2D eigenvalue weighted by atomic mass is 9.83. The Bertz CT molecular complexity index is 779. The largest absolute Gasteiger partial charge is 0.482 e. The number of aryl methyl sites for hydroxylation is 1. The molecule has 4 nitrogen and oxygen atoms in total. The third kappa shape index (κ3) is 5.09. The topological polar surface area (TPSA) is 47.9 Å². The second-order valence-electron chi connectivity index (χ2n) is 6.51. The van der Waals surface area contributed by atoms with Crippen molar-refractivity contribution in [2.24, 2.45) is 5.16 Å². The maximum atomic E-state index is 11.8. The summed E-state index contributed by atoms with van der Waals surface area (Å²) >= 11 is 5.96. The number of hydrogen-bond acceptors (Lipinski definition) is 4. The molecule has 0 radical (unpaired) electrons. The Hall–Kier alpha value is -2.33. The Balaban J connectivity index is 1.43. The van der Waals surface area contributed by atoms with Crippen LogP contribution in [-0.4, -0.2) is 18.3 Å². The summed E-state index contributed by atoms with van der Waals surface area (Å²) in [6, 6.07) is 15.8. The van der Waals surface area contributed by atoms with Gasteiger partial charge in [0.1, 0.15) is 5.75 Å². The van der Waals surface area contributed by atoms with Crippen molar-refractivity contribution in [3.8, 4) is 5.75 Å². The van der Waals surface area contributed by atoms with Crippen molar-refractivity contribution in [1.29, 1.82) is 0 Å². The Kier molecular flexibility index (Phi) is 6.29. The van der Waals surface area contributed by atoms with Crippen molar-refractivity contribution in [1.82, 2.24) is 0 Å². The van der Waals surface area contributed by atoms with E-state index in [0.29, 0.717) is 16.7 Å². The Morgan fingerprint density at radius 3 is 2.58 bits per heavy atom. The fourth-order valence-electron chi connectivity index (χ4n) is 3.09. The Labute approximate surface area is 158 Å². The molecule has 0 bridgehead atoms. The standard InChI is InChI=1S/C21H22ClNO3/c1-15-13-19(11-12-20(15)22)25-14-21(24)26-23-18-9-7-17(8-10-18)16-5-3-2-4-6-16/h2-6,11-13,17H,7-10,14H2,1H3. The van der Waals surface area contributed by atoms with Gasteiger partial charge in [0.15, 0.2) is 6.61 Å². The molecule has 26 heavy (non-hydrogen) atoms. The van der Waals surface area contributed by atoms with Crippen LogP contribution in [0.25, 0.3) is 0 Å². The van der Waals surface area contributed by atoms with Gasteiger partial charge in [-0.25, -0.2) is 4.79 Å². The van der Waals surface area contributed by atoms with Crippen LogP contribution in [0.5, 0.6) is 5.75 Å². The fraction of sp³-hybridized carbons (Fsp3) is 0.333. The van der Waals surface area contributed by atoms with Crippen LogP contribution in [0.2, 0.25) is 5.02 Å². The van der Waals surface area contributed by atoms with Crippen LogP contribution in [0.4, 0.5) is 0 Å². The zero-order valence-electron chi connectivity index (χ0n) is 14.8. The maximum absolute atomic E-state index is 11.8. The summed E-state index contributed by atoms with van der Waals surface area (Å²) in [6.07, 6.45) is 3.76. The van der Waals surface area contributed by atoms with Crippen LogP contribution in [0.1, 0.15) is 42.7 Å². The molecule has 0 aliphatic heterocycles. The molecule has 1 saturated carbocycles. The van der Waals surface area contributed by atoms with Gasteiger partial charge in [0.2, 0.25) is 0 Å². The van der Waals surface area contributed by atoms with E-state index in [1.165, 1.54) is 5.56 Å². The van der Waals surface area contributed by atoms with E-state index in [1.807, 2.05) is 13.0 Å². The van der Waals surface area contributed by atoms with Crippen molar-refractivity contribution in [3.63, 3.8) is 0 Å². The quantitative estimate of drug-likeness (QED) is 0.530. The second-order valence-corrected chi connectivity index (χ2v) is 6.91. The molecule has 0 heterocycles. The van der Waals surface area contributed by atoms with Gasteiger partial charge in [-0.2, -0.15) is 0 Å². The number of carbonyl (C=O) groups excluding carboxylic acids is 1. The molecule has 0 unspecified atom stereocenters.